The largest absolute Gasteiger partial charge is 0.296 e. The van der Waals surface area contributed by atoms with Crippen molar-refractivity contribution in [2.45, 2.75) is 20.8 Å². The molecule has 0 aliphatic carbocycles. The Kier molecular flexibility index (Phi) is 4.64. The lowest BCUT2D eigenvalue weighted by Crippen LogP contribution is -2.11. The second-order valence-corrected chi connectivity index (χ2v) is 7.06. The molecule has 2 aromatic carbocycles. The van der Waals surface area contributed by atoms with Crippen LogP contribution in [0.1, 0.15) is 27.0 Å². The Bertz CT molecular complexity index is 897. The summed E-state index contributed by atoms with van der Waals surface area (Å²) in [5.41, 5.74) is 5.07. The van der Waals surface area contributed by atoms with Gasteiger partial charge in [-0.3, -0.25) is 10.1 Å². The zero-order valence-electron chi connectivity index (χ0n) is 13.6. The molecule has 122 valence electrons. The Labute approximate surface area is 149 Å². The molecule has 0 saturated carbocycles. The van der Waals surface area contributed by atoms with E-state index in [9.17, 15) is 4.79 Å². The van der Waals surface area contributed by atoms with Crippen LogP contribution in [0, 0.1) is 20.8 Å². The first-order chi connectivity index (χ1) is 11.4. The van der Waals surface area contributed by atoms with Crippen LogP contribution in [-0.2, 0) is 0 Å². The number of halogens is 1. The van der Waals surface area contributed by atoms with Crippen molar-refractivity contribution in [3.63, 3.8) is 0 Å². The first-order valence-corrected chi connectivity index (χ1v) is 8.62. The van der Waals surface area contributed by atoms with Gasteiger partial charge in [-0.1, -0.05) is 46.7 Å². The molecule has 0 radical (unpaired) electrons. The molecule has 3 aromatic rings. The van der Waals surface area contributed by atoms with Gasteiger partial charge in [0.15, 0.2) is 0 Å². The maximum absolute atomic E-state index is 12.3. The number of aromatic nitrogens is 2. The van der Waals surface area contributed by atoms with Gasteiger partial charge in [0.1, 0.15) is 5.01 Å². The van der Waals surface area contributed by atoms with Gasteiger partial charge in [0.25, 0.3) is 5.91 Å². The Morgan fingerprint density at radius 1 is 1.08 bits per heavy atom. The lowest BCUT2D eigenvalue weighted by atomic mass is 10.0. The Morgan fingerprint density at radius 3 is 2.46 bits per heavy atom. The zero-order valence-corrected chi connectivity index (χ0v) is 15.1. The monoisotopic (exact) mass is 357 g/mol. The van der Waals surface area contributed by atoms with Gasteiger partial charge in [-0.25, -0.2) is 0 Å². The van der Waals surface area contributed by atoms with E-state index in [0.717, 1.165) is 21.7 Å². The molecular weight excluding hydrogens is 342 g/mol. The van der Waals surface area contributed by atoms with Crippen molar-refractivity contribution in [1.82, 2.24) is 10.2 Å². The molecule has 0 aliphatic rings. The van der Waals surface area contributed by atoms with Crippen LogP contribution in [0.15, 0.2) is 36.4 Å². The van der Waals surface area contributed by atoms with Crippen LogP contribution in [0.3, 0.4) is 0 Å². The summed E-state index contributed by atoms with van der Waals surface area (Å²) in [6.45, 7) is 6.18. The van der Waals surface area contributed by atoms with Crippen molar-refractivity contribution in [2.75, 3.05) is 5.32 Å². The number of amides is 1. The fraction of sp³-hybridized carbons (Fsp3) is 0.167. The number of aryl methyl sites for hydroxylation is 3. The third-order valence-electron chi connectivity index (χ3n) is 3.62. The summed E-state index contributed by atoms with van der Waals surface area (Å²) in [6, 6.07) is 11.0. The topological polar surface area (TPSA) is 54.9 Å². The summed E-state index contributed by atoms with van der Waals surface area (Å²) < 4.78 is 0. The molecule has 4 nitrogen and oxygen atoms in total. The van der Waals surface area contributed by atoms with Crippen LogP contribution in [-0.4, -0.2) is 16.1 Å². The molecule has 0 aliphatic heterocycles. The van der Waals surface area contributed by atoms with Crippen LogP contribution in [0.2, 0.25) is 5.02 Å². The van der Waals surface area contributed by atoms with Crippen molar-refractivity contribution in [3.05, 3.63) is 63.7 Å². The molecule has 3 rings (SSSR count). The standard InChI is InChI=1S/C18H16ClN3OS/c1-10-7-11(2)15(12(3)8-10)17-21-22-18(24-17)20-16(23)13-5-4-6-14(19)9-13/h4-9H,1-3H3,(H,20,22,23). The number of nitrogens with one attached hydrogen (secondary N) is 1. The zero-order chi connectivity index (χ0) is 17.3. The first kappa shape index (κ1) is 16.6. The molecule has 0 saturated heterocycles. The number of benzene rings is 2. The lowest BCUT2D eigenvalue weighted by molar-refractivity contribution is 0.102. The quantitative estimate of drug-likeness (QED) is 0.714. The highest BCUT2D eigenvalue weighted by Gasteiger charge is 2.14. The van der Waals surface area contributed by atoms with Gasteiger partial charge >= 0.3 is 0 Å². The predicted molar refractivity (Wildman–Crippen MR) is 99.0 cm³/mol. The van der Waals surface area contributed by atoms with Crippen LogP contribution in [0.5, 0.6) is 0 Å². The minimum Gasteiger partial charge on any atom is -0.296 e. The van der Waals surface area contributed by atoms with Crippen LogP contribution in [0.4, 0.5) is 5.13 Å². The van der Waals surface area contributed by atoms with E-state index in [0.29, 0.717) is 15.7 Å². The van der Waals surface area contributed by atoms with Gasteiger partial charge in [0, 0.05) is 16.1 Å². The Hall–Kier alpha value is -2.24. The highest BCUT2D eigenvalue weighted by atomic mass is 35.5. The maximum Gasteiger partial charge on any atom is 0.257 e. The maximum atomic E-state index is 12.3. The Balaban J connectivity index is 1.85. The van der Waals surface area contributed by atoms with Crippen molar-refractivity contribution in [1.29, 1.82) is 0 Å². The fourth-order valence-electron chi connectivity index (χ4n) is 2.69. The highest BCUT2D eigenvalue weighted by Crippen LogP contribution is 2.32. The number of hydrogen-bond donors (Lipinski definition) is 1. The fourth-order valence-corrected chi connectivity index (χ4v) is 3.80. The summed E-state index contributed by atoms with van der Waals surface area (Å²) in [5, 5.41) is 12.9. The van der Waals surface area contributed by atoms with E-state index in [1.165, 1.54) is 16.9 Å². The molecule has 1 heterocycles. The van der Waals surface area contributed by atoms with Crippen LogP contribution >= 0.6 is 22.9 Å². The SMILES string of the molecule is Cc1cc(C)c(-c2nnc(NC(=O)c3cccc(Cl)c3)s2)c(C)c1. The van der Waals surface area contributed by atoms with Crippen LogP contribution < -0.4 is 5.32 Å². The molecule has 0 unspecified atom stereocenters. The van der Waals surface area contributed by atoms with Gasteiger partial charge in [-0.15, -0.1) is 10.2 Å². The highest BCUT2D eigenvalue weighted by molar-refractivity contribution is 7.18. The van der Waals surface area contributed by atoms with E-state index in [1.54, 1.807) is 24.3 Å². The summed E-state index contributed by atoms with van der Waals surface area (Å²) in [6.07, 6.45) is 0. The van der Waals surface area contributed by atoms with Gasteiger partial charge in [-0.05, 0) is 50.1 Å². The van der Waals surface area contributed by atoms with E-state index in [4.69, 9.17) is 11.6 Å². The molecule has 6 heteroatoms. The normalized spacial score (nSPS) is 10.7. The van der Waals surface area contributed by atoms with E-state index in [2.05, 4.69) is 48.4 Å². The smallest absolute Gasteiger partial charge is 0.257 e. The summed E-state index contributed by atoms with van der Waals surface area (Å²) in [5.74, 6) is -0.252. The second-order valence-electron chi connectivity index (χ2n) is 5.65. The summed E-state index contributed by atoms with van der Waals surface area (Å²) >= 11 is 7.28. The molecule has 1 N–H and O–H groups in total. The van der Waals surface area contributed by atoms with E-state index < -0.39 is 0 Å². The van der Waals surface area contributed by atoms with E-state index in [-0.39, 0.29) is 5.91 Å². The van der Waals surface area contributed by atoms with Gasteiger partial charge in [0.2, 0.25) is 5.13 Å². The van der Waals surface area contributed by atoms with E-state index >= 15 is 0 Å². The van der Waals surface area contributed by atoms with E-state index in [1.807, 2.05) is 0 Å². The van der Waals surface area contributed by atoms with Crippen molar-refractivity contribution >= 4 is 34.0 Å². The lowest BCUT2D eigenvalue weighted by Gasteiger charge is -2.07. The molecule has 0 atom stereocenters. The first-order valence-electron chi connectivity index (χ1n) is 7.42. The number of nitrogens with zero attached hydrogens (tertiary/aromatic N) is 2. The van der Waals surface area contributed by atoms with Crippen molar-refractivity contribution in [3.8, 4) is 10.6 Å². The number of rotatable bonds is 3. The molecule has 0 fully saturated rings. The van der Waals surface area contributed by atoms with Crippen molar-refractivity contribution in [2.24, 2.45) is 0 Å². The molecule has 24 heavy (non-hydrogen) atoms. The number of hydrogen-bond acceptors (Lipinski definition) is 4. The molecular formula is C18H16ClN3OS. The third-order valence-corrected chi connectivity index (χ3v) is 4.71. The molecule has 1 amide bonds. The van der Waals surface area contributed by atoms with Gasteiger partial charge in [0.05, 0.1) is 0 Å². The third kappa shape index (κ3) is 3.47. The Morgan fingerprint density at radius 2 is 1.79 bits per heavy atom. The van der Waals surface area contributed by atoms with Crippen molar-refractivity contribution < 1.29 is 4.79 Å². The average Bonchev–Trinajstić information content (AvgIpc) is 2.94. The van der Waals surface area contributed by atoms with Crippen LogP contribution in [0.25, 0.3) is 10.6 Å². The van der Waals surface area contributed by atoms with Gasteiger partial charge in [-0.2, -0.15) is 0 Å². The molecule has 0 bridgehead atoms. The summed E-state index contributed by atoms with van der Waals surface area (Å²) in [7, 11) is 0. The molecule has 0 spiro atoms. The second kappa shape index (κ2) is 6.71. The number of carbonyl (C=O) groups is 1. The number of anilines is 1. The minimum atomic E-state index is -0.252. The predicted octanol–water partition coefficient (Wildman–Crippen LogP) is 5.04. The summed E-state index contributed by atoms with van der Waals surface area (Å²) in [4.78, 5) is 12.3. The van der Waals surface area contributed by atoms with Gasteiger partial charge < -0.3 is 0 Å². The minimum absolute atomic E-state index is 0.252. The molecule has 1 aromatic heterocycles. The number of carbonyl (C=O) groups excluding carboxylic acids is 1. The average molecular weight is 358 g/mol.